The molecule has 120 valence electrons. The Balaban J connectivity index is 2.30. The predicted molar refractivity (Wildman–Crippen MR) is 70.9 cm³/mol. The van der Waals surface area contributed by atoms with Crippen LogP contribution in [0.15, 0.2) is 35.5 Å². The summed E-state index contributed by atoms with van der Waals surface area (Å²) in [5.74, 6) is -4.64. The SMILES string of the molecule is CN(C)C1=NO[C@@](O)(C(F)(F)F)[C@@H]1NC(=O)c1ccccc1. The van der Waals surface area contributed by atoms with Crippen LogP contribution >= 0.6 is 0 Å². The number of halogens is 3. The standard InChI is InChI=1S/C13H14F3N3O3/c1-19(2)10-9(12(21,22-18-10)13(14,15)16)17-11(20)8-6-4-3-5-7-8/h3-7,9,21H,1-2H3,(H,17,20)/t9-,12-/m1/s1. The topological polar surface area (TPSA) is 74.2 Å². The summed E-state index contributed by atoms with van der Waals surface area (Å²) in [4.78, 5) is 17.5. The second-order valence-electron chi connectivity index (χ2n) is 4.90. The molecular weight excluding hydrogens is 303 g/mol. The molecule has 0 bridgehead atoms. The van der Waals surface area contributed by atoms with Crippen molar-refractivity contribution in [3.05, 3.63) is 35.9 Å². The third-order valence-corrected chi connectivity index (χ3v) is 3.10. The molecule has 6 nitrogen and oxygen atoms in total. The van der Waals surface area contributed by atoms with Gasteiger partial charge in [-0.1, -0.05) is 23.4 Å². The van der Waals surface area contributed by atoms with Crippen molar-refractivity contribution in [1.82, 2.24) is 10.2 Å². The zero-order chi connectivity index (χ0) is 16.5. The molecule has 0 saturated heterocycles. The van der Waals surface area contributed by atoms with Gasteiger partial charge in [-0.25, -0.2) is 0 Å². The first-order chi connectivity index (χ1) is 10.2. The van der Waals surface area contributed by atoms with Gasteiger partial charge in [0, 0.05) is 19.7 Å². The Labute approximate surface area is 124 Å². The minimum atomic E-state index is -5.14. The van der Waals surface area contributed by atoms with Gasteiger partial charge in [0.05, 0.1) is 0 Å². The molecule has 0 saturated carbocycles. The van der Waals surface area contributed by atoms with Crippen LogP contribution in [-0.4, -0.2) is 53.8 Å². The number of amidine groups is 1. The van der Waals surface area contributed by atoms with Crippen molar-refractivity contribution in [3.8, 4) is 0 Å². The van der Waals surface area contributed by atoms with Gasteiger partial charge in [0.1, 0.15) is 0 Å². The van der Waals surface area contributed by atoms with Gasteiger partial charge in [0.2, 0.25) is 0 Å². The molecule has 2 rings (SSSR count). The highest BCUT2D eigenvalue weighted by molar-refractivity contribution is 5.99. The Morgan fingerprint density at radius 2 is 1.95 bits per heavy atom. The lowest BCUT2D eigenvalue weighted by Gasteiger charge is -2.30. The van der Waals surface area contributed by atoms with Gasteiger partial charge in [-0.05, 0) is 12.1 Å². The largest absolute Gasteiger partial charge is 0.460 e. The summed E-state index contributed by atoms with van der Waals surface area (Å²) >= 11 is 0. The van der Waals surface area contributed by atoms with Crippen LogP contribution in [0.5, 0.6) is 0 Å². The Morgan fingerprint density at radius 3 is 2.45 bits per heavy atom. The monoisotopic (exact) mass is 317 g/mol. The zero-order valence-corrected chi connectivity index (χ0v) is 11.8. The summed E-state index contributed by atoms with van der Waals surface area (Å²) in [7, 11) is 2.85. The number of alkyl halides is 3. The number of rotatable bonds is 2. The second-order valence-corrected chi connectivity index (χ2v) is 4.90. The Bertz CT molecular complexity index is 589. The molecule has 2 atom stereocenters. The van der Waals surface area contributed by atoms with E-state index >= 15 is 0 Å². The number of nitrogens with zero attached hydrogens (tertiary/aromatic N) is 2. The van der Waals surface area contributed by atoms with Crippen molar-refractivity contribution in [2.24, 2.45) is 5.16 Å². The van der Waals surface area contributed by atoms with E-state index < -0.39 is 23.9 Å². The van der Waals surface area contributed by atoms with Crippen LogP contribution in [0.4, 0.5) is 13.2 Å². The molecule has 1 aliphatic rings. The molecule has 0 spiro atoms. The average Bonchev–Trinajstić information content (AvgIpc) is 2.78. The number of likely N-dealkylation sites (N-methyl/N-ethyl adjacent to an activating group) is 1. The van der Waals surface area contributed by atoms with Crippen LogP contribution in [0.2, 0.25) is 0 Å². The van der Waals surface area contributed by atoms with E-state index in [-0.39, 0.29) is 11.4 Å². The van der Waals surface area contributed by atoms with E-state index in [1.54, 1.807) is 18.2 Å². The lowest BCUT2D eigenvalue weighted by molar-refractivity contribution is -0.361. The number of carbonyl (C=O) groups excluding carboxylic acids is 1. The number of aliphatic hydroxyl groups is 1. The molecule has 0 aromatic heterocycles. The molecule has 1 aliphatic heterocycles. The minimum Gasteiger partial charge on any atom is -0.362 e. The van der Waals surface area contributed by atoms with E-state index in [9.17, 15) is 23.1 Å². The van der Waals surface area contributed by atoms with Gasteiger partial charge < -0.3 is 20.2 Å². The fraction of sp³-hybridized carbons (Fsp3) is 0.385. The molecule has 1 amide bonds. The maximum atomic E-state index is 13.1. The Kier molecular flexibility index (Phi) is 4.01. The van der Waals surface area contributed by atoms with Crippen molar-refractivity contribution in [2.75, 3.05) is 14.1 Å². The van der Waals surface area contributed by atoms with E-state index in [2.05, 4.69) is 15.3 Å². The second kappa shape index (κ2) is 5.48. The van der Waals surface area contributed by atoms with Gasteiger partial charge >= 0.3 is 12.0 Å². The molecule has 0 aliphatic carbocycles. The molecule has 2 N–H and O–H groups in total. The highest BCUT2D eigenvalue weighted by atomic mass is 19.4. The van der Waals surface area contributed by atoms with Crippen molar-refractivity contribution < 1.29 is 27.9 Å². The maximum Gasteiger partial charge on any atom is 0.460 e. The first-order valence-electron chi connectivity index (χ1n) is 6.25. The van der Waals surface area contributed by atoms with Crippen LogP contribution in [0, 0.1) is 0 Å². The molecule has 22 heavy (non-hydrogen) atoms. The first kappa shape index (κ1) is 16.1. The molecule has 9 heteroatoms. The van der Waals surface area contributed by atoms with Crippen LogP contribution in [-0.2, 0) is 4.84 Å². The fourth-order valence-electron chi connectivity index (χ4n) is 1.92. The third-order valence-electron chi connectivity index (χ3n) is 3.10. The fourth-order valence-corrected chi connectivity index (χ4v) is 1.92. The molecule has 1 heterocycles. The maximum absolute atomic E-state index is 13.1. The lowest BCUT2D eigenvalue weighted by atomic mass is 10.0. The molecular formula is C13H14F3N3O3. The van der Waals surface area contributed by atoms with E-state index in [4.69, 9.17) is 0 Å². The number of oxime groups is 1. The van der Waals surface area contributed by atoms with Gasteiger partial charge in [-0.3, -0.25) is 4.79 Å². The molecule has 1 aromatic rings. The van der Waals surface area contributed by atoms with Crippen molar-refractivity contribution in [1.29, 1.82) is 0 Å². The minimum absolute atomic E-state index is 0.150. The number of carbonyl (C=O) groups is 1. The van der Waals surface area contributed by atoms with E-state index in [0.29, 0.717) is 0 Å². The number of nitrogens with one attached hydrogen (secondary N) is 1. The number of benzene rings is 1. The number of hydrogen-bond acceptors (Lipinski definition) is 5. The van der Waals surface area contributed by atoms with Gasteiger partial charge in [-0.2, -0.15) is 13.2 Å². The van der Waals surface area contributed by atoms with Crippen molar-refractivity contribution in [2.45, 2.75) is 18.0 Å². The summed E-state index contributed by atoms with van der Waals surface area (Å²) < 4.78 is 39.2. The highest BCUT2D eigenvalue weighted by Crippen LogP contribution is 2.38. The van der Waals surface area contributed by atoms with Gasteiger partial charge in [0.15, 0.2) is 11.9 Å². The summed E-state index contributed by atoms with van der Waals surface area (Å²) in [5.41, 5.74) is 0.150. The van der Waals surface area contributed by atoms with E-state index in [1.807, 2.05) is 0 Å². The average molecular weight is 317 g/mol. The lowest BCUT2D eigenvalue weighted by Crippen LogP contribution is -2.63. The van der Waals surface area contributed by atoms with Gasteiger partial charge in [-0.15, -0.1) is 0 Å². The first-order valence-corrected chi connectivity index (χ1v) is 6.25. The molecule has 0 fully saturated rings. The van der Waals surface area contributed by atoms with Crippen LogP contribution in [0.1, 0.15) is 10.4 Å². The van der Waals surface area contributed by atoms with E-state index in [0.717, 1.165) is 0 Å². The summed E-state index contributed by atoms with van der Waals surface area (Å²) in [5, 5.41) is 15.2. The number of amides is 1. The summed E-state index contributed by atoms with van der Waals surface area (Å²) in [6, 6.07) is 5.78. The van der Waals surface area contributed by atoms with Gasteiger partial charge in [0.25, 0.3) is 5.91 Å². The highest BCUT2D eigenvalue weighted by Gasteiger charge is 2.67. The summed E-state index contributed by atoms with van der Waals surface area (Å²) in [6.07, 6.45) is -5.14. The predicted octanol–water partition coefficient (Wildman–Crippen LogP) is 0.941. The Hall–Kier alpha value is -2.29. The van der Waals surface area contributed by atoms with Crippen molar-refractivity contribution >= 4 is 11.7 Å². The smallest absolute Gasteiger partial charge is 0.362 e. The molecule has 1 aromatic carbocycles. The van der Waals surface area contributed by atoms with Crippen LogP contribution in [0.25, 0.3) is 0 Å². The zero-order valence-electron chi connectivity index (χ0n) is 11.8. The molecule has 0 unspecified atom stereocenters. The third kappa shape index (κ3) is 2.71. The van der Waals surface area contributed by atoms with E-state index in [1.165, 1.54) is 31.1 Å². The van der Waals surface area contributed by atoms with Crippen LogP contribution < -0.4 is 5.32 Å². The number of hydrogen-bond donors (Lipinski definition) is 2. The van der Waals surface area contributed by atoms with Crippen LogP contribution in [0.3, 0.4) is 0 Å². The Morgan fingerprint density at radius 1 is 1.36 bits per heavy atom. The molecule has 0 radical (unpaired) electrons. The normalized spacial score (nSPS) is 24.5. The quantitative estimate of drug-likeness (QED) is 0.851. The summed E-state index contributed by atoms with van der Waals surface area (Å²) in [6.45, 7) is 0. The van der Waals surface area contributed by atoms with Crippen molar-refractivity contribution in [3.63, 3.8) is 0 Å².